The van der Waals surface area contributed by atoms with E-state index in [-0.39, 0.29) is 22.7 Å². The third-order valence-corrected chi connectivity index (χ3v) is 5.36. The second-order valence-corrected chi connectivity index (χ2v) is 6.45. The molecule has 0 saturated heterocycles. The maximum Gasteiger partial charge on any atom is 0.261 e. The molecule has 1 aromatic carbocycles. The van der Waals surface area contributed by atoms with E-state index in [1.807, 2.05) is 0 Å². The second-order valence-electron chi connectivity index (χ2n) is 5.39. The first-order chi connectivity index (χ1) is 9.61. The third-order valence-electron chi connectivity index (χ3n) is 4.14. The second kappa shape index (κ2) is 5.30. The predicted molar refractivity (Wildman–Crippen MR) is 77.9 cm³/mol. The van der Waals surface area contributed by atoms with E-state index in [0.29, 0.717) is 17.5 Å². The lowest BCUT2D eigenvalue weighted by molar-refractivity contribution is 0.0535. The fourth-order valence-corrected chi connectivity index (χ4v) is 3.83. The minimum atomic E-state index is -0.521. The van der Waals surface area contributed by atoms with Gasteiger partial charge in [-0.15, -0.1) is 0 Å². The van der Waals surface area contributed by atoms with Crippen LogP contribution >= 0.6 is 15.9 Å². The number of halogens is 1. The number of imide groups is 1. The average Bonchev–Trinajstić information content (AvgIpc) is 2.59. The Labute approximate surface area is 125 Å². The highest BCUT2D eigenvalue weighted by atomic mass is 79.9. The molecule has 20 heavy (non-hydrogen) atoms. The first-order valence-electron chi connectivity index (χ1n) is 6.90. The Kier molecular flexibility index (Phi) is 3.65. The Bertz CT molecular complexity index is 525. The van der Waals surface area contributed by atoms with E-state index in [2.05, 4.69) is 15.9 Å². The van der Waals surface area contributed by atoms with Gasteiger partial charge in [-0.05, 0) is 25.0 Å². The molecule has 1 aliphatic carbocycles. The van der Waals surface area contributed by atoms with Gasteiger partial charge in [0.25, 0.3) is 11.8 Å². The SMILES string of the molecule is O=C1c2ccccc2C(=O)N1[C@@H]1CCCC[C@H](O)[C@H]1Br. The zero-order valence-corrected chi connectivity index (χ0v) is 12.5. The number of alkyl halides is 1. The first kappa shape index (κ1) is 13.8. The highest BCUT2D eigenvalue weighted by Gasteiger charge is 2.43. The summed E-state index contributed by atoms with van der Waals surface area (Å²) in [6.07, 6.45) is 2.75. The summed E-state index contributed by atoms with van der Waals surface area (Å²) in [4.78, 5) is 26.0. The lowest BCUT2D eigenvalue weighted by Crippen LogP contribution is -2.47. The Morgan fingerprint density at radius 2 is 1.60 bits per heavy atom. The van der Waals surface area contributed by atoms with Gasteiger partial charge in [-0.1, -0.05) is 40.9 Å². The van der Waals surface area contributed by atoms with Gasteiger partial charge in [0.1, 0.15) is 0 Å². The van der Waals surface area contributed by atoms with E-state index < -0.39 is 6.10 Å². The molecule has 106 valence electrons. The molecule has 3 atom stereocenters. The van der Waals surface area contributed by atoms with Crippen LogP contribution in [0.2, 0.25) is 0 Å². The average molecular weight is 338 g/mol. The minimum absolute atomic E-state index is 0.242. The molecule has 0 bridgehead atoms. The molecule has 1 N–H and O–H groups in total. The summed E-state index contributed by atoms with van der Waals surface area (Å²) >= 11 is 3.48. The molecule has 0 unspecified atom stereocenters. The van der Waals surface area contributed by atoms with Crippen molar-refractivity contribution in [2.24, 2.45) is 0 Å². The van der Waals surface area contributed by atoms with Crippen LogP contribution < -0.4 is 0 Å². The lowest BCUT2D eigenvalue weighted by Gasteiger charge is -2.30. The van der Waals surface area contributed by atoms with Crippen LogP contribution in [0.4, 0.5) is 0 Å². The summed E-state index contributed by atoms with van der Waals surface area (Å²) in [7, 11) is 0. The molecule has 1 saturated carbocycles. The van der Waals surface area contributed by atoms with Crippen molar-refractivity contribution < 1.29 is 14.7 Å². The monoisotopic (exact) mass is 337 g/mol. The van der Waals surface area contributed by atoms with Gasteiger partial charge in [-0.2, -0.15) is 0 Å². The molecule has 0 radical (unpaired) electrons. The lowest BCUT2D eigenvalue weighted by atomic mass is 10.1. The molecular formula is C15H16BrNO3. The fraction of sp³-hybridized carbons (Fsp3) is 0.467. The molecule has 2 aliphatic rings. The summed E-state index contributed by atoms with van der Waals surface area (Å²) in [5, 5.41) is 10.1. The van der Waals surface area contributed by atoms with E-state index in [9.17, 15) is 14.7 Å². The van der Waals surface area contributed by atoms with Gasteiger partial charge in [0.15, 0.2) is 0 Å². The van der Waals surface area contributed by atoms with Crippen molar-refractivity contribution in [2.45, 2.75) is 42.7 Å². The van der Waals surface area contributed by atoms with Crippen molar-refractivity contribution in [3.63, 3.8) is 0 Å². The number of carbonyl (C=O) groups is 2. The van der Waals surface area contributed by atoms with Crippen LogP contribution in [0.15, 0.2) is 24.3 Å². The maximum atomic E-state index is 12.5. The Hall–Kier alpha value is -1.20. The van der Waals surface area contributed by atoms with Crippen molar-refractivity contribution >= 4 is 27.7 Å². The minimum Gasteiger partial charge on any atom is -0.392 e. The van der Waals surface area contributed by atoms with Gasteiger partial charge < -0.3 is 5.11 Å². The molecule has 1 heterocycles. The standard InChI is InChI=1S/C15H16BrNO3/c16-13-11(7-3-4-8-12(13)18)17-14(19)9-5-1-2-6-10(9)15(17)20/h1-2,5-6,11-13,18H,3-4,7-8H2/t11-,12+,13+/m1/s1. The number of nitrogens with zero attached hydrogens (tertiary/aromatic N) is 1. The predicted octanol–water partition coefficient (Wildman–Crippen LogP) is 2.35. The Balaban J connectivity index is 1.95. The van der Waals surface area contributed by atoms with Crippen LogP contribution in [0.3, 0.4) is 0 Å². The van der Waals surface area contributed by atoms with Crippen LogP contribution in [-0.2, 0) is 0 Å². The first-order valence-corrected chi connectivity index (χ1v) is 7.82. The summed E-state index contributed by atoms with van der Waals surface area (Å²) in [6, 6.07) is 6.62. The quantitative estimate of drug-likeness (QED) is 0.486. The molecule has 0 spiro atoms. The van der Waals surface area contributed by atoms with Crippen molar-refractivity contribution in [3.05, 3.63) is 35.4 Å². The van der Waals surface area contributed by atoms with Crippen LogP contribution in [0.5, 0.6) is 0 Å². The number of benzene rings is 1. The van der Waals surface area contributed by atoms with Crippen LogP contribution in [0.1, 0.15) is 46.4 Å². The highest BCUT2D eigenvalue weighted by molar-refractivity contribution is 9.09. The zero-order valence-electron chi connectivity index (χ0n) is 11.0. The van der Waals surface area contributed by atoms with E-state index in [1.54, 1.807) is 24.3 Å². The van der Waals surface area contributed by atoms with Gasteiger partial charge in [-0.3, -0.25) is 14.5 Å². The Morgan fingerprint density at radius 3 is 2.20 bits per heavy atom. The van der Waals surface area contributed by atoms with Crippen molar-refractivity contribution in [2.75, 3.05) is 0 Å². The van der Waals surface area contributed by atoms with E-state index in [1.165, 1.54) is 4.90 Å². The number of carbonyl (C=O) groups excluding carboxylic acids is 2. The maximum absolute atomic E-state index is 12.5. The van der Waals surface area contributed by atoms with E-state index in [4.69, 9.17) is 0 Å². The van der Waals surface area contributed by atoms with Gasteiger partial charge >= 0.3 is 0 Å². The number of aliphatic hydroxyl groups excluding tert-OH is 1. The van der Waals surface area contributed by atoms with Gasteiger partial charge in [0.2, 0.25) is 0 Å². The van der Waals surface area contributed by atoms with Crippen LogP contribution in [-0.4, -0.2) is 38.8 Å². The largest absolute Gasteiger partial charge is 0.392 e. The summed E-state index contributed by atoms with van der Waals surface area (Å²) in [5.74, 6) is -0.483. The molecular weight excluding hydrogens is 322 g/mol. The van der Waals surface area contributed by atoms with Crippen molar-refractivity contribution in [1.29, 1.82) is 0 Å². The molecule has 1 fully saturated rings. The molecule has 1 aliphatic heterocycles. The van der Waals surface area contributed by atoms with Crippen molar-refractivity contribution in [1.82, 2.24) is 4.90 Å². The zero-order chi connectivity index (χ0) is 14.3. The summed E-state index contributed by atoms with van der Waals surface area (Å²) in [6.45, 7) is 0. The third kappa shape index (κ3) is 2.09. The molecule has 5 heteroatoms. The topological polar surface area (TPSA) is 57.6 Å². The van der Waals surface area contributed by atoms with Gasteiger partial charge in [0, 0.05) is 0 Å². The van der Waals surface area contributed by atoms with Crippen LogP contribution in [0, 0.1) is 0 Å². The van der Waals surface area contributed by atoms with Crippen LogP contribution in [0.25, 0.3) is 0 Å². The molecule has 1 aromatic rings. The molecule has 3 rings (SSSR count). The van der Waals surface area contributed by atoms with E-state index in [0.717, 1.165) is 19.3 Å². The summed E-state index contributed by atoms with van der Waals surface area (Å²) < 4.78 is 0. The smallest absolute Gasteiger partial charge is 0.261 e. The Morgan fingerprint density at radius 1 is 1.05 bits per heavy atom. The number of amides is 2. The number of aliphatic hydroxyl groups is 1. The number of hydrogen-bond acceptors (Lipinski definition) is 3. The van der Waals surface area contributed by atoms with E-state index >= 15 is 0 Å². The molecule has 2 amide bonds. The van der Waals surface area contributed by atoms with Gasteiger partial charge in [-0.25, -0.2) is 0 Å². The normalized spacial score (nSPS) is 30.3. The summed E-state index contributed by atoms with van der Waals surface area (Å²) in [5.41, 5.74) is 0.937. The fourth-order valence-electron chi connectivity index (χ4n) is 3.06. The number of hydrogen-bond donors (Lipinski definition) is 1. The molecule has 4 nitrogen and oxygen atoms in total. The van der Waals surface area contributed by atoms with Crippen molar-refractivity contribution in [3.8, 4) is 0 Å². The number of rotatable bonds is 1. The molecule has 0 aromatic heterocycles. The van der Waals surface area contributed by atoms with Gasteiger partial charge in [0.05, 0.1) is 28.1 Å². The highest BCUT2D eigenvalue weighted by Crippen LogP contribution is 2.33. The number of fused-ring (bicyclic) bond motifs is 1.